The Balaban J connectivity index is 2.95. The highest BCUT2D eigenvalue weighted by molar-refractivity contribution is 7.48. The first-order chi connectivity index (χ1) is 6.42. The molecule has 0 atom stereocenters. The minimum atomic E-state index is -5.72. The molecule has 0 saturated carbocycles. The van der Waals surface area contributed by atoms with Gasteiger partial charge in [-0.1, -0.05) is 0 Å². The lowest BCUT2D eigenvalue weighted by Gasteiger charge is -2.05. The minimum absolute atomic E-state index is 0.155. The van der Waals surface area contributed by atoms with Crippen LogP contribution in [0.3, 0.4) is 0 Å². The van der Waals surface area contributed by atoms with Gasteiger partial charge >= 0.3 is 7.99 Å². The van der Waals surface area contributed by atoms with Crippen molar-refractivity contribution in [2.75, 3.05) is 7.11 Å². The average Bonchev–Trinajstić information content (AvgIpc) is 2.06. The third kappa shape index (κ3) is 2.96. The SMILES string of the molecule is COc1ccc(OP(=O)(F)F)c(F)c1. The summed E-state index contributed by atoms with van der Waals surface area (Å²) in [5.41, 5.74) is 0. The van der Waals surface area contributed by atoms with Gasteiger partial charge in [0.2, 0.25) is 0 Å². The molecule has 78 valence electrons. The molecule has 1 aromatic carbocycles. The second-order valence-corrected chi connectivity index (χ2v) is 3.31. The lowest BCUT2D eigenvalue weighted by molar-refractivity contribution is 0.369. The number of halogens is 3. The molecule has 1 aromatic rings. The largest absolute Gasteiger partial charge is 0.610 e. The zero-order valence-corrected chi connectivity index (χ0v) is 7.93. The predicted molar refractivity (Wildman–Crippen MR) is 43.4 cm³/mol. The van der Waals surface area contributed by atoms with E-state index in [0.29, 0.717) is 0 Å². The Kier molecular flexibility index (Phi) is 3.06. The predicted octanol–water partition coefficient (Wildman–Crippen LogP) is 3.26. The maximum atomic E-state index is 12.9. The van der Waals surface area contributed by atoms with Gasteiger partial charge in [0.05, 0.1) is 7.11 Å². The number of ether oxygens (including phenoxy) is 1. The number of benzene rings is 1. The van der Waals surface area contributed by atoms with Gasteiger partial charge in [0.1, 0.15) is 5.75 Å². The zero-order chi connectivity index (χ0) is 10.8. The van der Waals surface area contributed by atoms with Gasteiger partial charge in [0, 0.05) is 6.07 Å². The third-order valence-electron chi connectivity index (χ3n) is 1.34. The van der Waals surface area contributed by atoms with E-state index in [1.807, 2.05) is 0 Å². The van der Waals surface area contributed by atoms with Crippen molar-refractivity contribution in [1.29, 1.82) is 0 Å². The van der Waals surface area contributed by atoms with Gasteiger partial charge in [-0.2, -0.15) is 0 Å². The number of hydrogen-bond donors (Lipinski definition) is 0. The number of hydrogen-bond acceptors (Lipinski definition) is 3. The van der Waals surface area contributed by atoms with Crippen molar-refractivity contribution in [3.63, 3.8) is 0 Å². The first-order valence-electron chi connectivity index (χ1n) is 3.45. The Bertz CT molecular complexity index is 376. The van der Waals surface area contributed by atoms with E-state index in [4.69, 9.17) is 0 Å². The molecule has 0 spiro atoms. The topological polar surface area (TPSA) is 35.5 Å². The zero-order valence-electron chi connectivity index (χ0n) is 7.04. The van der Waals surface area contributed by atoms with Gasteiger partial charge in [-0.05, 0) is 12.1 Å². The fourth-order valence-electron chi connectivity index (χ4n) is 0.797. The molecular formula is C7H6F3O3P. The second-order valence-electron chi connectivity index (χ2n) is 2.30. The lowest BCUT2D eigenvalue weighted by Crippen LogP contribution is -1.89. The van der Waals surface area contributed by atoms with Crippen LogP contribution in [0.4, 0.5) is 12.8 Å². The standard InChI is InChI=1S/C7H6F3O3P/c1-12-5-2-3-7(6(8)4-5)13-14(9,10)11/h2-4H,1H3. The second kappa shape index (κ2) is 3.92. The van der Waals surface area contributed by atoms with E-state index in [1.54, 1.807) is 0 Å². The summed E-state index contributed by atoms with van der Waals surface area (Å²) < 4.78 is 54.9. The van der Waals surface area contributed by atoms with Crippen molar-refractivity contribution >= 4 is 7.99 Å². The summed E-state index contributed by atoms with van der Waals surface area (Å²) in [5, 5.41) is 0. The van der Waals surface area contributed by atoms with Crippen LogP contribution >= 0.6 is 7.99 Å². The fourth-order valence-corrected chi connectivity index (χ4v) is 1.17. The molecule has 0 unspecified atom stereocenters. The Hall–Kier alpha value is -1.16. The van der Waals surface area contributed by atoms with Crippen LogP contribution in [0.15, 0.2) is 18.2 Å². The van der Waals surface area contributed by atoms with Gasteiger partial charge < -0.3 is 9.26 Å². The molecular weight excluding hydrogens is 220 g/mol. The van der Waals surface area contributed by atoms with E-state index in [-0.39, 0.29) is 5.75 Å². The van der Waals surface area contributed by atoms with Gasteiger partial charge in [-0.25, -0.2) is 8.96 Å². The van der Waals surface area contributed by atoms with E-state index in [1.165, 1.54) is 13.2 Å². The summed E-state index contributed by atoms with van der Waals surface area (Å²) in [6, 6.07) is 2.99. The highest BCUT2D eigenvalue weighted by atomic mass is 31.2. The molecule has 0 amide bonds. The Morgan fingerprint density at radius 2 is 2.00 bits per heavy atom. The van der Waals surface area contributed by atoms with Crippen molar-refractivity contribution in [2.45, 2.75) is 0 Å². The summed E-state index contributed by atoms with van der Waals surface area (Å²) in [7, 11) is -4.42. The van der Waals surface area contributed by atoms with E-state index in [0.717, 1.165) is 12.1 Å². The summed E-state index contributed by atoms with van der Waals surface area (Å²) in [6.07, 6.45) is 0. The monoisotopic (exact) mass is 226 g/mol. The van der Waals surface area contributed by atoms with Crippen molar-refractivity contribution in [3.8, 4) is 11.5 Å². The maximum Gasteiger partial charge on any atom is 0.610 e. The quantitative estimate of drug-likeness (QED) is 0.742. The van der Waals surface area contributed by atoms with Gasteiger partial charge in [0.15, 0.2) is 11.6 Å². The molecule has 0 fully saturated rings. The molecule has 0 N–H and O–H groups in total. The molecule has 0 aliphatic rings. The van der Waals surface area contributed by atoms with Crippen LogP contribution in [0, 0.1) is 5.82 Å². The maximum absolute atomic E-state index is 12.9. The van der Waals surface area contributed by atoms with Crippen LogP contribution in [-0.4, -0.2) is 7.11 Å². The van der Waals surface area contributed by atoms with Crippen molar-refractivity contribution in [1.82, 2.24) is 0 Å². The molecule has 14 heavy (non-hydrogen) atoms. The van der Waals surface area contributed by atoms with Crippen LogP contribution in [0.5, 0.6) is 11.5 Å². The number of methoxy groups -OCH3 is 1. The van der Waals surface area contributed by atoms with Gasteiger partial charge in [-0.3, -0.25) is 0 Å². The minimum Gasteiger partial charge on any atom is -0.497 e. The fraction of sp³-hybridized carbons (Fsp3) is 0.143. The molecule has 0 bridgehead atoms. The molecule has 7 heteroatoms. The lowest BCUT2D eigenvalue weighted by atomic mass is 10.3. The first kappa shape index (κ1) is 10.9. The molecule has 1 rings (SSSR count). The van der Waals surface area contributed by atoms with Gasteiger partial charge in [0.25, 0.3) is 0 Å². The Morgan fingerprint density at radius 1 is 1.36 bits per heavy atom. The van der Waals surface area contributed by atoms with Crippen LogP contribution in [0.1, 0.15) is 0 Å². The molecule has 0 heterocycles. The molecule has 0 saturated heterocycles. The smallest absolute Gasteiger partial charge is 0.497 e. The molecule has 0 aliphatic carbocycles. The van der Waals surface area contributed by atoms with Crippen LogP contribution in [-0.2, 0) is 4.57 Å². The van der Waals surface area contributed by atoms with Crippen molar-refractivity contribution in [3.05, 3.63) is 24.0 Å². The van der Waals surface area contributed by atoms with Gasteiger partial charge in [-0.15, -0.1) is 8.39 Å². The van der Waals surface area contributed by atoms with Crippen molar-refractivity contribution < 1.29 is 26.6 Å². The van der Waals surface area contributed by atoms with Crippen molar-refractivity contribution in [2.24, 2.45) is 0 Å². The summed E-state index contributed by atoms with van der Waals surface area (Å²) in [5.74, 6) is -1.67. The molecule has 3 nitrogen and oxygen atoms in total. The third-order valence-corrected chi connectivity index (χ3v) is 1.75. The first-order valence-corrected chi connectivity index (χ1v) is 4.85. The van der Waals surface area contributed by atoms with E-state index in [9.17, 15) is 17.3 Å². The average molecular weight is 226 g/mol. The summed E-state index contributed by atoms with van der Waals surface area (Å²) >= 11 is 0. The van der Waals surface area contributed by atoms with E-state index >= 15 is 0 Å². The highest BCUT2D eigenvalue weighted by Gasteiger charge is 2.24. The molecule has 0 aromatic heterocycles. The van der Waals surface area contributed by atoms with Crippen LogP contribution < -0.4 is 9.26 Å². The molecule has 0 aliphatic heterocycles. The van der Waals surface area contributed by atoms with Crippen LogP contribution in [0.25, 0.3) is 0 Å². The Labute approximate surface area is 78.1 Å². The normalized spacial score (nSPS) is 11.1. The van der Waals surface area contributed by atoms with Crippen LogP contribution in [0.2, 0.25) is 0 Å². The van der Waals surface area contributed by atoms with E-state index < -0.39 is 19.6 Å². The molecule has 0 radical (unpaired) electrons. The summed E-state index contributed by atoms with van der Waals surface area (Å²) in [4.78, 5) is 0. The Morgan fingerprint density at radius 3 is 2.43 bits per heavy atom. The highest BCUT2D eigenvalue weighted by Crippen LogP contribution is 2.50. The summed E-state index contributed by atoms with van der Waals surface area (Å²) in [6.45, 7) is 0. The number of rotatable bonds is 3. The van der Waals surface area contributed by atoms with E-state index in [2.05, 4.69) is 9.26 Å².